The third kappa shape index (κ3) is 5.88. The first-order valence-electron chi connectivity index (χ1n) is 10.8. The summed E-state index contributed by atoms with van der Waals surface area (Å²) in [6.07, 6.45) is 1.05. The Balaban J connectivity index is 1.46. The van der Waals surface area contributed by atoms with Gasteiger partial charge in [-0.1, -0.05) is 23.7 Å². The molecule has 0 aliphatic rings. The van der Waals surface area contributed by atoms with E-state index in [1.807, 2.05) is 30.3 Å². The van der Waals surface area contributed by atoms with Gasteiger partial charge in [-0.15, -0.1) is 0 Å². The van der Waals surface area contributed by atoms with Crippen LogP contribution in [0.4, 0.5) is 4.79 Å². The minimum Gasteiger partial charge on any atom is -0.497 e. The SMILES string of the molecule is COc1ccc2c(OCCn3nc(-c4ccc(CCNC(=O)O)c(Cl)c4)ccc3=O)ccnc2c1. The fourth-order valence-corrected chi connectivity index (χ4v) is 3.85. The van der Waals surface area contributed by atoms with Gasteiger partial charge >= 0.3 is 6.09 Å². The van der Waals surface area contributed by atoms with Crippen molar-refractivity contribution in [1.82, 2.24) is 20.1 Å². The quantitative estimate of drug-likeness (QED) is 0.361. The summed E-state index contributed by atoms with van der Waals surface area (Å²) in [7, 11) is 1.60. The van der Waals surface area contributed by atoms with Gasteiger partial charge in [0.25, 0.3) is 5.56 Å². The second-order valence-electron chi connectivity index (χ2n) is 7.61. The third-order valence-electron chi connectivity index (χ3n) is 5.36. The molecule has 0 unspecified atom stereocenters. The number of amides is 1. The van der Waals surface area contributed by atoms with E-state index in [-0.39, 0.29) is 25.3 Å². The van der Waals surface area contributed by atoms with Crippen LogP contribution in [0, 0.1) is 0 Å². The lowest BCUT2D eigenvalue weighted by Gasteiger charge is -2.12. The molecule has 1 amide bonds. The van der Waals surface area contributed by atoms with Crippen molar-refractivity contribution in [1.29, 1.82) is 0 Å². The van der Waals surface area contributed by atoms with Crippen LogP contribution in [-0.2, 0) is 13.0 Å². The second-order valence-corrected chi connectivity index (χ2v) is 8.02. The lowest BCUT2D eigenvalue weighted by atomic mass is 10.1. The van der Waals surface area contributed by atoms with Gasteiger partial charge in [-0.25, -0.2) is 9.48 Å². The highest BCUT2D eigenvalue weighted by atomic mass is 35.5. The molecule has 2 N–H and O–H groups in total. The summed E-state index contributed by atoms with van der Waals surface area (Å²) in [5.74, 6) is 1.36. The zero-order valence-electron chi connectivity index (χ0n) is 18.9. The highest BCUT2D eigenvalue weighted by molar-refractivity contribution is 6.31. The van der Waals surface area contributed by atoms with E-state index < -0.39 is 6.09 Å². The fraction of sp³-hybridized carbons (Fsp3) is 0.200. The van der Waals surface area contributed by atoms with E-state index in [1.54, 1.807) is 31.5 Å². The smallest absolute Gasteiger partial charge is 0.404 e. The first-order chi connectivity index (χ1) is 16.9. The summed E-state index contributed by atoms with van der Waals surface area (Å²) in [5.41, 5.74) is 2.65. The van der Waals surface area contributed by atoms with Crippen molar-refractivity contribution >= 4 is 28.6 Å². The van der Waals surface area contributed by atoms with Crippen molar-refractivity contribution in [2.24, 2.45) is 0 Å². The Bertz CT molecular complexity index is 1420. The van der Waals surface area contributed by atoms with E-state index in [4.69, 9.17) is 26.2 Å². The highest BCUT2D eigenvalue weighted by Crippen LogP contribution is 2.27. The van der Waals surface area contributed by atoms with Crippen LogP contribution in [0.25, 0.3) is 22.2 Å². The summed E-state index contributed by atoms with van der Waals surface area (Å²) in [4.78, 5) is 27.3. The molecular weight excluding hydrogens is 472 g/mol. The number of carboxylic acid groups (broad SMARTS) is 1. The lowest BCUT2D eigenvalue weighted by Crippen LogP contribution is -2.25. The van der Waals surface area contributed by atoms with Crippen molar-refractivity contribution in [3.05, 3.63) is 81.7 Å². The molecule has 0 aliphatic carbocycles. The minimum absolute atomic E-state index is 0.234. The minimum atomic E-state index is -1.08. The van der Waals surface area contributed by atoms with E-state index in [2.05, 4.69) is 15.4 Å². The van der Waals surface area contributed by atoms with Crippen LogP contribution < -0.4 is 20.3 Å². The fourth-order valence-electron chi connectivity index (χ4n) is 3.57. The molecule has 4 aromatic rings. The number of nitrogens with zero attached hydrogens (tertiary/aromatic N) is 3. The van der Waals surface area contributed by atoms with Gasteiger partial charge in [-0.05, 0) is 42.3 Å². The van der Waals surface area contributed by atoms with E-state index in [1.165, 1.54) is 10.7 Å². The molecule has 0 fully saturated rings. The molecule has 35 heavy (non-hydrogen) atoms. The number of ether oxygens (including phenoxy) is 2. The van der Waals surface area contributed by atoms with Crippen LogP contribution in [0.15, 0.2) is 65.6 Å². The Morgan fingerprint density at radius 3 is 2.77 bits per heavy atom. The first-order valence-corrected chi connectivity index (χ1v) is 11.2. The van der Waals surface area contributed by atoms with Crippen molar-refractivity contribution in [3.8, 4) is 22.8 Å². The Morgan fingerprint density at radius 1 is 1.14 bits per heavy atom. The Kier molecular flexibility index (Phi) is 7.47. The standard InChI is InChI=1S/C25H23ClN4O5/c1-34-18-4-5-19-22(15-18)27-11-9-23(19)35-13-12-30-24(31)7-6-21(29-30)17-3-2-16(20(26)14-17)8-10-28-25(32)33/h2-7,9,11,14-15,28H,8,10,12-13H2,1H3,(H,32,33). The third-order valence-corrected chi connectivity index (χ3v) is 5.71. The number of rotatable bonds is 9. The molecular formula is C25H23ClN4O5. The molecule has 2 aromatic carbocycles. The van der Waals surface area contributed by atoms with Gasteiger partial charge in [0.05, 0.1) is 24.9 Å². The molecule has 0 saturated carbocycles. The van der Waals surface area contributed by atoms with Crippen LogP contribution in [0.1, 0.15) is 5.56 Å². The number of halogens is 1. The Morgan fingerprint density at radius 2 is 2.00 bits per heavy atom. The number of pyridine rings is 1. The van der Waals surface area contributed by atoms with Crippen LogP contribution >= 0.6 is 11.6 Å². The molecule has 4 rings (SSSR count). The number of fused-ring (bicyclic) bond motifs is 1. The zero-order valence-corrected chi connectivity index (χ0v) is 19.7. The number of benzene rings is 2. The number of carbonyl (C=O) groups is 1. The normalized spacial score (nSPS) is 10.8. The van der Waals surface area contributed by atoms with E-state index in [0.29, 0.717) is 28.6 Å². The van der Waals surface area contributed by atoms with Gasteiger partial charge in [0, 0.05) is 40.8 Å². The predicted molar refractivity (Wildman–Crippen MR) is 132 cm³/mol. The van der Waals surface area contributed by atoms with Gasteiger partial charge in [0.2, 0.25) is 0 Å². The average Bonchev–Trinajstić information content (AvgIpc) is 2.85. The molecule has 2 heterocycles. The van der Waals surface area contributed by atoms with Crippen LogP contribution in [0.3, 0.4) is 0 Å². The second kappa shape index (κ2) is 10.9. The summed E-state index contributed by atoms with van der Waals surface area (Å²) >= 11 is 6.38. The van der Waals surface area contributed by atoms with Crippen LogP contribution in [0.2, 0.25) is 5.02 Å². The van der Waals surface area contributed by atoms with E-state index in [0.717, 1.165) is 22.0 Å². The number of aromatic nitrogens is 3. The van der Waals surface area contributed by atoms with Crippen molar-refractivity contribution in [2.45, 2.75) is 13.0 Å². The monoisotopic (exact) mass is 494 g/mol. The number of hydrogen-bond acceptors (Lipinski definition) is 6. The predicted octanol–water partition coefficient (Wildman–Crippen LogP) is 4.01. The molecule has 0 bridgehead atoms. The molecule has 2 aromatic heterocycles. The maximum absolute atomic E-state index is 12.4. The summed E-state index contributed by atoms with van der Waals surface area (Å²) in [5, 5.41) is 16.8. The summed E-state index contributed by atoms with van der Waals surface area (Å²) < 4.78 is 12.5. The van der Waals surface area contributed by atoms with E-state index >= 15 is 0 Å². The van der Waals surface area contributed by atoms with E-state index in [9.17, 15) is 9.59 Å². The summed E-state index contributed by atoms with van der Waals surface area (Å²) in [6.45, 7) is 0.745. The van der Waals surface area contributed by atoms with Crippen LogP contribution in [0.5, 0.6) is 11.5 Å². The van der Waals surface area contributed by atoms with Gasteiger partial charge in [0.15, 0.2) is 0 Å². The molecule has 0 radical (unpaired) electrons. The van der Waals surface area contributed by atoms with Crippen molar-refractivity contribution < 1.29 is 19.4 Å². The average molecular weight is 495 g/mol. The Labute approximate surface area is 205 Å². The Hall–Kier alpha value is -4.11. The molecule has 0 aliphatic heterocycles. The first kappa shape index (κ1) is 24.0. The highest BCUT2D eigenvalue weighted by Gasteiger charge is 2.09. The van der Waals surface area contributed by atoms with Gasteiger partial charge in [-0.2, -0.15) is 5.10 Å². The zero-order chi connectivity index (χ0) is 24.8. The largest absolute Gasteiger partial charge is 0.497 e. The van der Waals surface area contributed by atoms with Gasteiger partial charge < -0.3 is 19.9 Å². The molecule has 180 valence electrons. The van der Waals surface area contributed by atoms with Gasteiger partial charge in [0.1, 0.15) is 18.1 Å². The van der Waals surface area contributed by atoms with Gasteiger partial charge in [-0.3, -0.25) is 9.78 Å². The molecule has 0 saturated heterocycles. The number of nitrogens with one attached hydrogen (secondary N) is 1. The van der Waals surface area contributed by atoms with Crippen molar-refractivity contribution in [2.75, 3.05) is 20.3 Å². The maximum atomic E-state index is 12.4. The maximum Gasteiger partial charge on any atom is 0.404 e. The lowest BCUT2D eigenvalue weighted by molar-refractivity contribution is 0.194. The molecule has 10 heteroatoms. The molecule has 9 nitrogen and oxygen atoms in total. The molecule has 0 spiro atoms. The van der Waals surface area contributed by atoms with Crippen LogP contribution in [-0.4, -0.2) is 46.2 Å². The van der Waals surface area contributed by atoms with Crippen molar-refractivity contribution in [3.63, 3.8) is 0 Å². The topological polar surface area (TPSA) is 116 Å². The molecule has 0 atom stereocenters. The number of methoxy groups -OCH3 is 1. The summed E-state index contributed by atoms with van der Waals surface area (Å²) in [6, 6.07) is 15.8. The number of hydrogen-bond donors (Lipinski definition) is 2.